The minimum atomic E-state index is -0.141. The van der Waals surface area contributed by atoms with E-state index in [1.807, 2.05) is 35.9 Å². The van der Waals surface area contributed by atoms with Crippen molar-refractivity contribution in [3.63, 3.8) is 0 Å². The van der Waals surface area contributed by atoms with Gasteiger partial charge >= 0.3 is 0 Å². The number of fused-ring (bicyclic) bond motifs is 6. The van der Waals surface area contributed by atoms with Crippen LogP contribution in [-0.2, 0) is 5.41 Å². The van der Waals surface area contributed by atoms with Gasteiger partial charge in [0.25, 0.3) is 0 Å². The van der Waals surface area contributed by atoms with E-state index in [1.165, 1.54) is 53.6 Å². The first kappa shape index (κ1) is 34.2. The van der Waals surface area contributed by atoms with Crippen molar-refractivity contribution in [1.29, 1.82) is 0 Å². The molecule has 3 aromatic heterocycles. The lowest BCUT2D eigenvalue weighted by atomic mass is 9.82. The van der Waals surface area contributed by atoms with Crippen molar-refractivity contribution in [2.75, 3.05) is 0 Å². The van der Waals surface area contributed by atoms with Crippen LogP contribution in [0.1, 0.15) is 25.0 Å². The smallest absolute Gasteiger partial charge is 0.164 e. The van der Waals surface area contributed by atoms with Crippen molar-refractivity contribution in [1.82, 2.24) is 19.9 Å². The van der Waals surface area contributed by atoms with Crippen LogP contribution in [0.25, 0.3) is 98.8 Å². The molecule has 0 radical (unpaired) electrons. The molecule has 0 bridgehead atoms. The third-order valence-electron chi connectivity index (χ3n) is 11.7. The minimum Gasteiger partial charge on any atom is -0.265 e. The highest BCUT2D eigenvalue weighted by Gasteiger charge is 2.37. The molecule has 3 heterocycles. The fourth-order valence-electron chi connectivity index (χ4n) is 8.71. The largest absolute Gasteiger partial charge is 0.265 e. The van der Waals surface area contributed by atoms with Gasteiger partial charge in [0, 0.05) is 54.7 Å². The summed E-state index contributed by atoms with van der Waals surface area (Å²) in [5.41, 5.74) is 14.7. The summed E-state index contributed by atoms with van der Waals surface area (Å²) in [7, 11) is 0. The molecule has 0 aliphatic heterocycles. The first-order chi connectivity index (χ1) is 28.5. The van der Waals surface area contributed by atoms with Gasteiger partial charge in [-0.1, -0.05) is 159 Å². The summed E-state index contributed by atoms with van der Waals surface area (Å²) in [6.07, 6.45) is 3.64. The molecule has 11 rings (SSSR count). The molecule has 58 heavy (non-hydrogen) atoms. The second-order valence-electron chi connectivity index (χ2n) is 15.5. The number of hydrogen-bond acceptors (Lipinski definition) is 5. The van der Waals surface area contributed by atoms with E-state index in [-0.39, 0.29) is 5.41 Å². The lowest BCUT2D eigenvalue weighted by Gasteiger charge is -2.21. The Morgan fingerprint density at radius 2 is 0.948 bits per heavy atom. The molecule has 10 aromatic rings. The van der Waals surface area contributed by atoms with Crippen molar-refractivity contribution in [3.8, 4) is 78.7 Å². The topological polar surface area (TPSA) is 51.6 Å². The highest BCUT2D eigenvalue weighted by atomic mass is 32.1. The van der Waals surface area contributed by atoms with Crippen molar-refractivity contribution in [2.24, 2.45) is 0 Å². The van der Waals surface area contributed by atoms with Gasteiger partial charge in [0.05, 0.1) is 0 Å². The number of nitrogens with zero attached hydrogens (tertiary/aromatic N) is 4. The van der Waals surface area contributed by atoms with E-state index in [0.717, 1.165) is 38.9 Å². The Morgan fingerprint density at radius 1 is 0.397 bits per heavy atom. The third kappa shape index (κ3) is 5.66. The molecule has 0 saturated carbocycles. The highest BCUT2D eigenvalue weighted by Crippen LogP contribution is 2.51. The van der Waals surface area contributed by atoms with E-state index in [0.29, 0.717) is 17.5 Å². The molecule has 4 nitrogen and oxygen atoms in total. The summed E-state index contributed by atoms with van der Waals surface area (Å²) < 4.78 is 2.64. The molecule has 0 saturated heterocycles. The van der Waals surface area contributed by atoms with Crippen molar-refractivity contribution in [3.05, 3.63) is 193 Å². The Kier molecular flexibility index (Phi) is 7.98. The lowest BCUT2D eigenvalue weighted by molar-refractivity contribution is 0.660. The van der Waals surface area contributed by atoms with E-state index in [4.69, 9.17) is 15.0 Å². The minimum absolute atomic E-state index is 0.141. The number of hydrogen-bond donors (Lipinski definition) is 0. The molecule has 0 atom stereocenters. The van der Waals surface area contributed by atoms with Crippen LogP contribution in [0.15, 0.2) is 182 Å². The Morgan fingerprint density at radius 3 is 1.78 bits per heavy atom. The average Bonchev–Trinajstić information content (AvgIpc) is 3.79. The monoisotopic (exact) mass is 760 g/mol. The molecule has 274 valence electrons. The Labute approximate surface area is 341 Å². The van der Waals surface area contributed by atoms with Crippen molar-refractivity contribution < 1.29 is 0 Å². The summed E-state index contributed by atoms with van der Waals surface area (Å²) in [4.78, 5) is 19.9. The Balaban J connectivity index is 1.01. The van der Waals surface area contributed by atoms with Gasteiger partial charge < -0.3 is 0 Å². The fourth-order valence-corrected chi connectivity index (χ4v) is 9.94. The number of thiophene rings is 1. The molecule has 0 spiro atoms. The molecule has 0 amide bonds. The normalized spacial score (nSPS) is 12.8. The fraction of sp³-hybridized carbons (Fsp3) is 0.0566. The van der Waals surface area contributed by atoms with Gasteiger partial charge in [0.15, 0.2) is 17.5 Å². The SMILES string of the molecule is CC1(C)c2ccccc2-c2c(-c3nc(-c4ccc(-c5ccncc5)cc4)nc(-c4cccc(-c5ccc(-c6cccc7c6sc6ccccc67)cc5)c4)n3)cccc21. The molecule has 5 heteroatoms. The van der Waals surface area contributed by atoms with E-state index in [1.54, 1.807) is 0 Å². The van der Waals surface area contributed by atoms with Crippen LogP contribution >= 0.6 is 11.3 Å². The predicted octanol–water partition coefficient (Wildman–Crippen LogP) is 13.9. The van der Waals surface area contributed by atoms with Crippen LogP contribution in [0.4, 0.5) is 0 Å². The van der Waals surface area contributed by atoms with Crippen LogP contribution in [-0.4, -0.2) is 19.9 Å². The van der Waals surface area contributed by atoms with Crippen LogP contribution in [0.2, 0.25) is 0 Å². The maximum absolute atomic E-state index is 5.27. The second kappa shape index (κ2) is 13.5. The number of aromatic nitrogens is 4. The molecular formula is C53H36N4S. The average molecular weight is 761 g/mol. The predicted molar refractivity (Wildman–Crippen MR) is 241 cm³/mol. The molecule has 0 unspecified atom stereocenters. The van der Waals surface area contributed by atoms with Crippen LogP contribution in [0.3, 0.4) is 0 Å². The van der Waals surface area contributed by atoms with Gasteiger partial charge in [-0.25, -0.2) is 15.0 Å². The Bertz CT molecular complexity index is 3180. The van der Waals surface area contributed by atoms with Crippen LogP contribution in [0.5, 0.6) is 0 Å². The first-order valence-corrected chi connectivity index (χ1v) is 20.4. The van der Waals surface area contributed by atoms with Crippen molar-refractivity contribution >= 4 is 31.5 Å². The standard InChI is InChI=1S/C53H36N4S/c1-53(2)45-17-5-3-13-43(45)48-44(16-9-18-46(48)53)52-56-50(37-26-22-33(23-27-37)35-28-30-54-31-29-35)55-51(57-52)39-11-7-10-38(32-39)34-20-24-36(25-21-34)40-14-8-15-42-41-12-4-6-19-47(41)58-49(40)42/h3-32H,1-2H3. The number of pyridine rings is 1. The van der Waals surface area contributed by atoms with Gasteiger partial charge in [-0.15, -0.1) is 11.3 Å². The zero-order valence-corrected chi connectivity index (χ0v) is 32.8. The molecule has 7 aromatic carbocycles. The van der Waals surface area contributed by atoms with Crippen LogP contribution < -0.4 is 0 Å². The third-order valence-corrected chi connectivity index (χ3v) is 12.9. The molecule has 1 aliphatic carbocycles. The maximum atomic E-state index is 5.27. The van der Waals surface area contributed by atoms with E-state index in [2.05, 4.69) is 177 Å². The van der Waals surface area contributed by atoms with Crippen molar-refractivity contribution in [2.45, 2.75) is 19.3 Å². The van der Waals surface area contributed by atoms with E-state index >= 15 is 0 Å². The van der Waals surface area contributed by atoms with Gasteiger partial charge in [-0.3, -0.25) is 4.98 Å². The quantitative estimate of drug-likeness (QED) is 0.169. The zero-order valence-electron chi connectivity index (χ0n) is 32.0. The highest BCUT2D eigenvalue weighted by molar-refractivity contribution is 7.26. The number of rotatable bonds is 6. The molecular weight excluding hydrogens is 725 g/mol. The summed E-state index contributed by atoms with van der Waals surface area (Å²) in [6, 6.07) is 60.6. The zero-order chi connectivity index (χ0) is 38.8. The summed E-state index contributed by atoms with van der Waals surface area (Å²) in [5.74, 6) is 1.93. The summed E-state index contributed by atoms with van der Waals surface area (Å²) >= 11 is 1.86. The Hall–Kier alpha value is -7.08. The van der Waals surface area contributed by atoms with Gasteiger partial charge in [-0.05, 0) is 79.9 Å². The first-order valence-electron chi connectivity index (χ1n) is 19.6. The second-order valence-corrected chi connectivity index (χ2v) is 16.5. The molecule has 0 N–H and O–H groups in total. The van der Waals surface area contributed by atoms with Gasteiger partial charge in [-0.2, -0.15) is 0 Å². The number of benzene rings is 7. The van der Waals surface area contributed by atoms with Gasteiger partial charge in [0.1, 0.15) is 0 Å². The molecule has 1 aliphatic rings. The van der Waals surface area contributed by atoms with Crippen LogP contribution in [0, 0.1) is 0 Å². The summed E-state index contributed by atoms with van der Waals surface area (Å²) in [6.45, 7) is 4.61. The summed E-state index contributed by atoms with van der Waals surface area (Å²) in [5, 5.41) is 2.62. The maximum Gasteiger partial charge on any atom is 0.164 e. The van der Waals surface area contributed by atoms with Gasteiger partial charge in [0.2, 0.25) is 0 Å². The van der Waals surface area contributed by atoms with E-state index in [9.17, 15) is 0 Å². The molecule has 0 fully saturated rings. The van der Waals surface area contributed by atoms with E-state index < -0.39 is 0 Å². The lowest BCUT2D eigenvalue weighted by Crippen LogP contribution is -2.14.